The Balaban J connectivity index is 1.66. The Hall–Kier alpha value is -3.09. The first-order chi connectivity index (χ1) is 17.0. The number of hydrogen-bond acceptors (Lipinski definition) is 6. The van der Waals surface area contributed by atoms with Crippen LogP contribution in [0.5, 0.6) is 5.75 Å². The van der Waals surface area contributed by atoms with Gasteiger partial charge in [0, 0.05) is 38.6 Å². The number of nitriles is 1. The maximum Gasteiger partial charge on any atom is 0.262 e. The number of nitrogens with zero attached hydrogens (tertiary/aromatic N) is 1. The third kappa shape index (κ3) is 5.35. The lowest BCUT2D eigenvalue weighted by molar-refractivity contribution is -0.119. The average molecular weight is 615 g/mol. The van der Waals surface area contributed by atoms with Crippen molar-refractivity contribution in [2.45, 2.75) is 39.5 Å². The van der Waals surface area contributed by atoms with Gasteiger partial charge in [-0.25, -0.2) is 0 Å². The van der Waals surface area contributed by atoms with E-state index in [-0.39, 0.29) is 35.2 Å². The molecule has 7 nitrogen and oxygen atoms in total. The van der Waals surface area contributed by atoms with E-state index < -0.39 is 5.92 Å². The standard InChI is InChI=1S/C27H25Br2N3O4/c1-14-8-16(5-6-19(14)29)32-23(34)13-35-21-7-4-15(28)9-17(21)24-18(12-30)26(31)36-22-11-27(2,3)10-20(33)25(22)24/h4-9,24H,10-11,13,31H2,1-3H3,(H,32,34). The van der Waals surface area contributed by atoms with E-state index in [9.17, 15) is 14.9 Å². The van der Waals surface area contributed by atoms with E-state index >= 15 is 0 Å². The highest BCUT2D eigenvalue weighted by Gasteiger charge is 2.43. The van der Waals surface area contributed by atoms with Gasteiger partial charge in [0.1, 0.15) is 23.2 Å². The number of hydrogen-bond donors (Lipinski definition) is 2. The number of amides is 1. The van der Waals surface area contributed by atoms with Crippen LogP contribution < -0.4 is 15.8 Å². The largest absolute Gasteiger partial charge is 0.483 e. The molecule has 1 aliphatic heterocycles. The van der Waals surface area contributed by atoms with Crippen molar-refractivity contribution in [1.82, 2.24) is 0 Å². The lowest BCUT2D eigenvalue weighted by Gasteiger charge is -2.37. The molecular formula is C27H25Br2N3O4. The molecular weight excluding hydrogens is 590 g/mol. The average Bonchev–Trinajstić information content (AvgIpc) is 2.79. The van der Waals surface area contributed by atoms with Crippen LogP contribution in [-0.2, 0) is 14.3 Å². The molecule has 0 saturated carbocycles. The van der Waals surface area contributed by atoms with Gasteiger partial charge in [-0.05, 0) is 54.3 Å². The van der Waals surface area contributed by atoms with Gasteiger partial charge in [0.25, 0.3) is 5.91 Å². The summed E-state index contributed by atoms with van der Waals surface area (Å²) in [5.74, 6) is -0.373. The first-order valence-electron chi connectivity index (χ1n) is 11.3. The van der Waals surface area contributed by atoms with Crippen molar-refractivity contribution >= 4 is 49.2 Å². The normalized spacial score (nSPS) is 18.8. The summed E-state index contributed by atoms with van der Waals surface area (Å²) in [5.41, 5.74) is 8.61. The predicted octanol–water partition coefficient (Wildman–Crippen LogP) is 5.99. The predicted molar refractivity (Wildman–Crippen MR) is 143 cm³/mol. The summed E-state index contributed by atoms with van der Waals surface area (Å²) < 4.78 is 13.4. The maximum absolute atomic E-state index is 13.3. The fourth-order valence-corrected chi connectivity index (χ4v) is 5.16. The first-order valence-corrected chi connectivity index (χ1v) is 12.9. The van der Waals surface area contributed by atoms with Crippen molar-refractivity contribution in [3.8, 4) is 11.8 Å². The van der Waals surface area contributed by atoms with Crippen molar-refractivity contribution < 1.29 is 19.1 Å². The molecule has 1 heterocycles. The second kappa shape index (κ2) is 10.1. The van der Waals surface area contributed by atoms with Crippen molar-refractivity contribution in [2.24, 2.45) is 11.1 Å². The van der Waals surface area contributed by atoms with Crippen LogP contribution in [0.1, 0.15) is 43.7 Å². The molecule has 1 amide bonds. The van der Waals surface area contributed by atoms with Gasteiger partial charge in [-0.15, -0.1) is 0 Å². The molecule has 186 valence electrons. The number of rotatable bonds is 5. The summed E-state index contributed by atoms with van der Waals surface area (Å²) in [5, 5.41) is 12.8. The molecule has 0 bridgehead atoms. The van der Waals surface area contributed by atoms with Gasteiger partial charge >= 0.3 is 0 Å². The van der Waals surface area contributed by atoms with Crippen LogP contribution in [0.2, 0.25) is 0 Å². The van der Waals surface area contributed by atoms with Crippen molar-refractivity contribution in [3.63, 3.8) is 0 Å². The first kappa shape index (κ1) is 26.0. The molecule has 1 unspecified atom stereocenters. The Morgan fingerprint density at radius 1 is 1.25 bits per heavy atom. The quantitative estimate of drug-likeness (QED) is 0.428. The number of ketones is 1. The fourth-order valence-electron chi connectivity index (χ4n) is 4.53. The van der Waals surface area contributed by atoms with E-state index in [1.807, 2.05) is 32.9 Å². The number of allylic oxidation sites excluding steroid dienone is 3. The number of nitrogens with two attached hydrogens (primary N) is 1. The van der Waals surface area contributed by atoms with Crippen LogP contribution >= 0.6 is 31.9 Å². The highest BCUT2D eigenvalue weighted by molar-refractivity contribution is 9.10. The van der Waals surface area contributed by atoms with Crippen LogP contribution in [0.3, 0.4) is 0 Å². The topological polar surface area (TPSA) is 114 Å². The Kier molecular flexibility index (Phi) is 7.30. The van der Waals surface area contributed by atoms with Crippen LogP contribution in [-0.4, -0.2) is 18.3 Å². The second-order valence-electron chi connectivity index (χ2n) is 9.69. The Labute approximate surface area is 226 Å². The second-order valence-corrected chi connectivity index (χ2v) is 11.5. The van der Waals surface area contributed by atoms with Gasteiger partial charge in [-0.3, -0.25) is 9.59 Å². The van der Waals surface area contributed by atoms with Crippen LogP contribution in [0.15, 0.2) is 68.1 Å². The van der Waals surface area contributed by atoms with E-state index in [0.29, 0.717) is 41.2 Å². The van der Waals surface area contributed by atoms with Crippen LogP contribution in [0.25, 0.3) is 0 Å². The van der Waals surface area contributed by atoms with E-state index in [0.717, 1.165) is 14.5 Å². The molecule has 36 heavy (non-hydrogen) atoms. The number of halogens is 2. The van der Waals surface area contributed by atoms with Gasteiger partial charge < -0.3 is 20.5 Å². The van der Waals surface area contributed by atoms with Gasteiger partial charge in [0.2, 0.25) is 5.88 Å². The van der Waals surface area contributed by atoms with E-state index in [4.69, 9.17) is 15.2 Å². The maximum atomic E-state index is 13.3. The zero-order chi connectivity index (χ0) is 26.2. The Bertz CT molecular complexity index is 1370. The van der Waals surface area contributed by atoms with Crippen LogP contribution in [0.4, 0.5) is 5.69 Å². The van der Waals surface area contributed by atoms with Crippen LogP contribution in [0, 0.1) is 23.7 Å². The molecule has 4 rings (SSSR count). The monoisotopic (exact) mass is 613 g/mol. The zero-order valence-electron chi connectivity index (χ0n) is 20.1. The van der Waals surface area contributed by atoms with E-state index in [1.165, 1.54) is 0 Å². The molecule has 2 aliphatic rings. The number of carbonyl (C=O) groups is 2. The highest BCUT2D eigenvalue weighted by Crippen LogP contribution is 2.49. The molecule has 2 aromatic carbocycles. The molecule has 1 aliphatic carbocycles. The van der Waals surface area contributed by atoms with Gasteiger partial charge in [-0.1, -0.05) is 45.7 Å². The van der Waals surface area contributed by atoms with Crippen molar-refractivity contribution in [3.05, 3.63) is 79.3 Å². The van der Waals surface area contributed by atoms with Gasteiger partial charge in [0.15, 0.2) is 12.4 Å². The van der Waals surface area contributed by atoms with E-state index in [2.05, 4.69) is 43.2 Å². The summed E-state index contributed by atoms with van der Waals surface area (Å²) in [6.45, 7) is 5.65. The minimum Gasteiger partial charge on any atom is -0.483 e. The van der Waals surface area contributed by atoms with Gasteiger partial charge in [-0.2, -0.15) is 5.26 Å². The fraction of sp³-hybridized carbons (Fsp3) is 0.296. The molecule has 3 N–H and O–H groups in total. The zero-order valence-corrected chi connectivity index (χ0v) is 23.2. The molecule has 0 saturated heterocycles. The summed E-state index contributed by atoms with van der Waals surface area (Å²) in [4.78, 5) is 25.9. The molecule has 0 aromatic heterocycles. The number of aryl methyl sites for hydroxylation is 1. The summed E-state index contributed by atoms with van der Waals surface area (Å²) in [6.07, 6.45) is 0.840. The lowest BCUT2D eigenvalue weighted by Crippen LogP contribution is -2.33. The number of ether oxygens (including phenoxy) is 2. The number of carbonyl (C=O) groups excluding carboxylic acids is 2. The Morgan fingerprint density at radius 3 is 2.69 bits per heavy atom. The lowest BCUT2D eigenvalue weighted by atomic mass is 9.70. The summed E-state index contributed by atoms with van der Waals surface area (Å²) in [6, 6.07) is 12.9. The van der Waals surface area contributed by atoms with Crippen molar-refractivity contribution in [1.29, 1.82) is 5.26 Å². The van der Waals surface area contributed by atoms with Gasteiger partial charge in [0.05, 0.1) is 5.92 Å². The molecule has 0 spiro atoms. The number of benzene rings is 2. The third-order valence-corrected chi connectivity index (χ3v) is 7.54. The molecule has 1 atom stereocenters. The van der Waals surface area contributed by atoms with Crippen molar-refractivity contribution in [2.75, 3.05) is 11.9 Å². The summed E-state index contributed by atoms with van der Waals surface area (Å²) >= 11 is 6.92. The minimum atomic E-state index is -0.757. The smallest absolute Gasteiger partial charge is 0.262 e. The molecule has 0 fully saturated rings. The molecule has 0 radical (unpaired) electrons. The molecule has 9 heteroatoms. The SMILES string of the molecule is Cc1cc(NC(=O)COc2ccc(Br)cc2C2C(C#N)=C(N)OC3=C2C(=O)CC(C)(C)C3)ccc1Br. The number of Topliss-reactive ketones (excluding diaryl/α,β-unsaturated/α-hetero) is 1. The number of anilines is 1. The highest BCUT2D eigenvalue weighted by atomic mass is 79.9. The summed E-state index contributed by atoms with van der Waals surface area (Å²) in [7, 11) is 0. The third-order valence-electron chi connectivity index (χ3n) is 6.16. The number of nitrogens with one attached hydrogen (secondary N) is 1. The minimum absolute atomic E-state index is 0.0268. The Morgan fingerprint density at radius 2 is 2.00 bits per heavy atom. The molecule has 2 aromatic rings. The van der Waals surface area contributed by atoms with E-state index in [1.54, 1.807) is 24.3 Å².